The Morgan fingerprint density at radius 2 is 1.56 bits per heavy atom. The van der Waals surface area contributed by atoms with E-state index in [2.05, 4.69) is 26.6 Å². The molecule has 132 valence electrons. The van der Waals surface area contributed by atoms with Crippen LogP contribution in [0, 0.1) is 5.82 Å². The second kappa shape index (κ2) is 8.73. The van der Waals surface area contributed by atoms with Gasteiger partial charge in [-0.3, -0.25) is 9.59 Å². The molecule has 25 heavy (non-hydrogen) atoms. The van der Waals surface area contributed by atoms with E-state index in [-0.39, 0.29) is 24.2 Å². The zero-order valence-electron chi connectivity index (χ0n) is 14.0. The highest BCUT2D eigenvalue weighted by atomic mass is 79.9. The molecule has 2 rings (SSSR count). The van der Waals surface area contributed by atoms with Gasteiger partial charge in [-0.25, -0.2) is 4.39 Å². The Kier molecular flexibility index (Phi) is 6.66. The van der Waals surface area contributed by atoms with E-state index in [1.165, 1.54) is 24.3 Å². The molecule has 0 saturated heterocycles. The normalized spacial score (nSPS) is 13.0. The van der Waals surface area contributed by atoms with Crippen LogP contribution < -0.4 is 15.5 Å². The second-order valence-electron chi connectivity index (χ2n) is 5.80. The van der Waals surface area contributed by atoms with Crippen molar-refractivity contribution < 1.29 is 18.9 Å². The quantitative estimate of drug-likeness (QED) is 0.684. The van der Waals surface area contributed by atoms with E-state index in [1.807, 2.05) is 12.1 Å². The lowest BCUT2D eigenvalue weighted by molar-refractivity contribution is -0.885. The van der Waals surface area contributed by atoms with Crippen LogP contribution in [0.2, 0.25) is 0 Å². The minimum atomic E-state index is -0.414. The average molecular weight is 409 g/mol. The summed E-state index contributed by atoms with van der Waals surface area (Å²) in [6.45, 7) is 1.88. The van der Waals surface area contributed by atoms with Crippen LogP contribution in [-0.4, -0.2) is 31.4 Å². The molecule has 5 nitrogen and oxygen atoms in total. The molecule has 3 N–H and O–H groups in total. The van der Waals surface area contributed by atoms with E-state index in [0.29, 0.717) is 11.4 Å². The number of hydrogen-bond donors (Lipinski definition) is 3. The Labute approximate surface area is 154 Å². The van der Waals surface area contributed by atoms with Gasteiger partial charge in [-0.1, -0.05) is 15.9 Å². The van der Waals surface area contributed by atoms with E-state index in [0.717, 1.165) is 9.37 Å². The number of anilines is 2. The summed E-state index contributed by atoms with van der Waals surface area (Å²) in [6.07, 6.45) is 0. The molecule has 0 fully saturated rings. The second-order valence-corrected chi connectivity index (χ2v) is 6.71. The zero-order chi connectivity index (χ0) is 18.4. The van der Waals surface area contributed by atoms with E-state index in [9.17, 15) is 14.0 Å². The number of quaternary nitrogens is 1. The Balaban J connectivity index is 1.86. The molecular weight excluding hydrogens is 389 g/mol. The summed E-state index contributed by atoms with van der Waals surface area (Å²) < 4.78 is 13.8. The Morgan fingerprint density at radius 3 is 2.16 bits per heavy atom. The van der Waals surface area contributed by atoms with Crippen molar-refractivity contribution >= 4 is 39.1 Å². The molecule has 0 aliphatic carbocycles. The smallest absolute Gasteiger partial charge is 0.282 e. The summed E-state index contributed by atoms with van der Waals surface area (Å²) in [5, 5.41) is 5.51. The van der Waals surface area contributed by atoms with Crippen LogP contribution in [0.4, 0.5) is 15.8 Å². The van der Waals surface area contributed by atoms with Gasteiger partial charge < -0.3 is 15.5 Å². The standard InChI is InChI=1S/C18H19BrFN3O2/c1-12(18(25)22-16-7-3-13(19)4-8-16)23(2)11-17(24)21-15-9-5-14(20)6-10-15/h3-10,12H,11H2,1-2H3,(H,21,24)(H,22,25)/p+1/t12-/m0/s1. The summed E-state index contributed by atoms with van der Waals surface area (Å²) in [5.41, 5.74) is 1.22. The largest absolute Gasteiger partial charge is 0.321 e. The van der Waals surface area contributed by atoms with Crippen LogP contribution in [-0.2, 0) is 9.59 Å². The number of carbonyl (C=O) groups is 2. The zero-order valence-corrected chi connectivity index (χ0v) is 15.6. The van der Waals surface area contributed by atoms with Gasteiger partial charge in [-0.15, -0.1) is 0 Å². The summed E-state index contributed by atoms with van der Waals surface area (Å²) in [5.74, 6) is -0.777. The molecule has 0 aliphatic rings. The van der Waals surface area contributed by atoms with Crippen LogP contribution in [0.5, 0.6) is 0 Å². The van der Waals surface area contributed by atoms with Crippen LogP contribution in [0.25, 0.3) is 0 Å². The van der Waals surface area contributed by atoms with Gasteiger partial charge in [0.1, 0.15) is 5.82 Å². The third-order valence-electron chi connectivity index (χ3n) is 3.81. The molecule has 0 saturated carbocycles. The van der Waals surface area contributed by atoms with Gasteiger partial charge in [0.15, 0.2) is 12.6 Å². The molecule has 2 aromatic rings. The Bertz CT molecular complexity index is 735. The van der Waals surface area contributed by atoms with Gasteiger partial charge in [-0.2, -0.15) is 0 Å². The van der Waals surface area contributed by atoms with Gasteiger partial charge in [0.2, 0.25) is 0 Å². The first-order valence-electron chi connectivity index (χ1n) is 7.79. The Morgan fingerprint density at radius 1 is 1.04 bits per heavy atom. The fourth-order valence-electron chi connectivity index (χ4n) is 2.15. The lowest BCUT2D eigenvalue weighted by atomic mass is 10.2. The van der Waals surface area contributed by atoms with Crippen molar-refractivity contribution in [2.45, 2.75) is 13.0 Å². The number of hydrogen-bond acceptors (Lipinski definition) is 2. The fraction of sp³-hybridized carbons (Fsp3) is 0.222. The predicted molar refractivity (Wildman–Crippen MR) is 99.0 cm³/mol. The van der Waals surface area contributed by atoms with Gasteiger partial charge in [0, 0.05) is 15.8 Å². The summed E-state index contributed by atoms with van der Waals surface area (Å²) in [7, 11) is 1.77. The van der Waals surface area contributed by atoms with E-state index in [4.69, 9.17) is 0 Å². The minimum absolute atomic E-state index is 0.117. The van der Waals surface area contributed by atoms with Crippen molar-refractivity contribution in [3.63, 3.8) is 0 Å². The highest BCUT2D eigenvalue weighted by molar-refractivity contribution is 9.10. The first kappa shape index (κ1) is 19.1. The molecule has 7 heteroatoms. The number of likely N-dealkylation sites (N-methyl/N-ethyl adjacent to an activating group) is 1. The van der Waals surface area contributed by atoms with Crippen molar-refractivity contribution in [1.29, 1.82) is 0 Å². The first-order valence-corrected chi connectivity index (χ1v) is 8.58. The molecule has 0 spiro atoms. The topological polar surface area (TPSA) is 62.6 Å². The van der Waals surface area contributed by atoms with E-state index < -0.39 is 6.04 Å². The molecular formula is C18H20BrFN3O2+. The van der Waals surface area contributed by atoms with Gasteiger partial charge in [0.25, 0.3) is 11.8 Å². The molecule has 0 bridgehead atoms. The third kappa shape index (κ3) is 5.95. The lowest BCUT2D eigenvalue weighted by Gasteiger charge is -2.20. The van der Waals surface area contributed by atoms with Crippen LogP contribution in [0.1, 0.15) is 6.92 Å². The highest BCUT2D eigenvalue weighted by Crippen LogP contribution is 2.14. The Hall–Kier alpha value is -2.25. The van der Waals surface area contributed by atoms with Gasteiger partial charge in [-0.05, 0) is 55.5 Å². The molecule has 0 heterocycles. The summed E-state index contributed by atoms with van der Waals surface area (Å²) >= 11 is 3.34. The number of benzene rings is 2. The third-order valence-corrected chi connectivity index (χ3v) is 4.34. The van der Waals surface area contributed by atoms with Crippen molar-refractivity contribution in [1.82, 2.24) is 0 Å². The molecule has 2 aromatic carbocycles. The fourth-order valence-corrected chi connectivity index (χ4v) is 2.42. The molecule has 0 aliphatic heterocycles. The van der Waals surface area contributed by atoms with E-state index in [1.54, 1.807) is 26.1 Å². The van der Waals surface area contributed by atoms with Crippen molar-refractivity contribution in [2.75, 3.05) is 24.2 Å². The van der Waals surface area contributed by atoms with Crippen LogP contribution >= 0.6 is 15.9 Å². The number of nitrogens with one attached hydrogen (secondary N) is 3. The van der Waals surface area contributed by atoms with Crippen molar-refractivity contribution in [2.24, 2.45) is 0 Å². The predicted octanol–water partition coefficient (Wildman–Crippen LogP) is 2.07. The monoisotopic (exact) mass is 408 g/mol. The number of rotatable bonds is 6. The molecule has 0 aromatic heterocycles. The molecule has 1 unspecified atom stereocenters. The van der Waals surface area contributed by atoms with Crippen LogP contribution in [0.3, 0.4) is 0 Å². The maximum atomic E-state index is 12.9. The van der Waals surface area contributed by atoms with E-state index >= 15 is 0 Å². The van der Waals surface area contributed by atoms with Crippen molar-refractivity contribution in [3.05, 3.63) is 58.8 Å². The summed E-state index contributed by atoms with van der Waals surface area (Å²) in [4.78, 5) is 25.1. The SMILES string of the molecule is C[C@@H](C(=O)Nc1ccc(Br)cc1)[NH+](C)CC(=O)Nc1ccc(F)cc1. The maximum absolute atomic E-state index is 12.9. The lowest BCUT2D eigenvalue weighted by Crippen LogP contribution is -3.14. The molecule has 0 radical (unpaired) electrons. The summed E-state index contributed by atoms with van der Waals surface area (Å²) in [6, 6.07) is 12.4. The van der Waals surface area contributed by atoms with Crippen molar-refractivity contribution in [3.8, 4) is 0 Å². The minimum Gasteiger partial charge on any atom is -0.321 e. The first-order chi connectivity index (χ1) is 11.8. The highest BCUT2D eigenvalue weighted by Gasteiger charge is 2.24. The number of halogens is 2. The molecule has 2 amide bonds. The number of carbonyl (C=O) groups excluding carboxylic acids is 2. The number of amides is 2. The molecule has 2 atom stereocenters. The van der Waals surface area contributed by atoms with Crippen LogP contribution in [0.15, 0.2) is 53.0 Å². The maximum Gasteiger partial charge on any atom is 0.282 e. The average Bonchev–Trinajstić information content (AvgIpc) is 2.58. The van der Waals surface area contributed by atoms with Gasteiger partial charge >= 0.3 is 0 Å². The van der Waals surface area contributed by atoms with Gasteiger partial charge in [0.05, 0.1) is 7.05 Å².